The number of hydrogen-bond donors (Lipinski definition) is 2. The summed E-state index contributed by atoms with van der Waals surface area (Å²) in [5, 5.41) is 11.4. The molecule has 2 atom stereocenters. The zero-order chi connectivity index (χ0) is 17.5. The average molecular weight is 349 g/mol. The van der Waals surface area contributed by atoms with E-state index in [2.05, 4.69) is 42.0 Å². The Bertz CT molecular complexity index is 674. The van der Waals surface area contributed by atoms with E-state index >= 15 is 0 Å². The van der Waals surface area contributed by atoms with Gasteiger partial charge in [-0.25, -0.2) is 0 Å². The van der Waals surface area contributed by atoms with Crippen molar-refractivity contribution in [1.29, 1.82) is 0 Å². The van der Waals surface area contributed by atoms with Crippen molar-refractivity contribution in [1.82, 2.24) is 10.2 Å². The molecule has 0 radical (unpaired) electrons. The lowest BCUT2D eigenvalue weighted by atomic mass is 10.0. The lowest BCUT2D eigenvalue weighted by Gasteiger charge is -2.10. The van der Waals surface area contributed by atoms with Crippen LogP contribution >= 0.6 is 11.8 Å². The highest BCUT2D eigenvalue weighted by Crippen LogP contribution is 2.23. The monoisotopic (exact) mass is 349 g/mol. The Morgan fingerprint density at radius 3 is 2.79 bits per heavy atom. The van der Waals surface area contributed by atoms with Crippen molar-refractivity contribution in [3.63, 3.8) is 0 Å². The number of para-hydroxylation sites is 1. The van der Waals surface area contributed by atoms with Crippen LogP contribution in [0.1, 0.15) is 44.7 Å². The predicted molar refractivity (Wildman–Crippen MR) is 94.6 cm³/mol. The molecule has 0 spiro atoms. The number of benzene rings is 1. The van der Waals surface area contributed by atoms with E-state index < -0.39 is 0 Å². The number of anilines is 1. The summed E-state index contributed by atoms with van der Waals surface area (Å²) in [4.78, 5) is 12.1. The summed E-state index contributed by atoms with van der Waals surface area (Å²) < 4.78 is 5.61. The largest absolute Gasteiger partial charge is 0.410 e. The number of aryl methyl sites for hydroxylation is 1. The molecule has 0 saturated carbocycles. The number of nitrogens with zero attached hydrogens (tertiary/aromatic N) is 2. The van der Waals surface area contributed by atoms with E-state index in [-0.39, 0.29) is 17.7 Å². The molecule has 1 aromatic carbocycles. The van der Waals surface area contributed by atoms with E-state index in [1.807, 2.05) is 24.3 Å². The number of amides is 1. The van der Waals surface area contributed by atoms with E-state index in [9.17, 15) is 4.79 Å². The Labute approximate surface area is 146 Å². The van der Waals surface area contributed by atoms with Crippen LogP contribution in [-0.2, 0) is 11.2 Å². The molecule has 0 aliphatic carbocycles. The zero-order valence-electron chi connectivity index (χ0n) is 14.4. The Kier molecular flexibility index (Phi) is 6.81. The van der Waals surface area contributed by atoms with Crippen molar-refractivity contribution in [2.24, 2.45) is 5.92 Å². The summed E-state index contributed by atoms with van der Waals surface area (Å²) in [6.45, 7) is 6.27. The fraction of sp³-hybridized carbons (Fsp3) is 0.471. The van der Waals surface area contributed by atoms with Gasteiger partial charge in [-0.15, -0.1) is 10.2 Å². The maximum Gasteiger partial charge on any atom is 0.277 e. The van der Waals surface area contributed by atoms with Crippen molar-refractivity contribution in [3.8, 4) is 0 Å². The molecule has 0 saturated heterocycles. The quantitative estimate of drug-likeness (QED) is 0.714. The maximum atomic E-state index is 12.1. The van der Waals surface area contributed by atoms with Gasteiger partial charge in [0, 0.05) is 11.6 Å². The SMILES string of the molecule is CCc1ccccc1NC(=O)CSc1nnc([C@@H]([NH3+])[C@H](C)CC)o1. The molecule has 7 heteroatoms. The molecule has 1 heterocycles. The standard InChI is InChI=1S/C17H24N4O2S/c1-4-11(3)15(18)16-20-21-17(23-16)24-10-14(22)19-13-9-7-6-8-12(13)5-2/h6-9,11,15H,4-5,10,18H2,1-3H3,(H,19,22)/p+1/t11-,15+/m1/s1. The molecule has 1 amide bonds. The number of thioether (sulfide) groups is 1. The first kappa shape index (κ1) is 18.5. The van der Waals surface area contributed by atoms with E-state index in [4.69, 9.17) is 4.42 Å². The minimum absolute atomic E-state index is 0.0258. The smallest absolute Gasteiger partial charge is 0.277 e. The predicted octanol–water partition coefficient (Wildman–Crippen LogP) is 2.69. The van der Waals surface area contributed by atoms with E-state index in [1.54, 1.807) is 0 Å². The third-order valence-corrected chi connectivity index (χ3v) is 4.89. The number of rotatable bonds is 8. The lowest BCUT2D eigenvalue weighted by molar-refractivity contribution is -0.444. The van der Waals surface area contributed by atoms with Crippen LogP contribution in [-0.4, -0.2) is 21.9 Å². The van der Waals surface area contributed by atoms with Gasteiger partial charge in [-0.1, -0.05) is 50.7 Å². The zero-order valence-corrected chi connectivity index (χ0v) is 15.2. The fourth-order valence-corrected chi connectivity index (χ4v) is 2.79. The van der Waals surface area contributed by atoms with Gasteiger partial charge in [0.05, 0.1) is 5.75 Å². The number of hydrogen-bond acceptors (Lipinski definition) is 5. The normalized spacial score (nSPS) is 13.5. The number of carbonyl (C=O) groups excluding carboxylic acids is 1. The number of aromatic nitrogens is 2. The van der Waals surface area contributed by atoms with Crippen LogP contribution < -0.4 is 11.1 Å². The molecule has 0 unspecified atom stereocenters. The van der Waals surface area contributed by atoms with Crippen LogP contribution in [0.5, 0.6) is 0 Å². The van der Waals surface area contributed by atoms with Gasteiger partial charge < -0.3 is 15.5 Å². The second kappa shape index (κ2) is 8.84. The molecule has 6 nitrogen and oxygen atoms in total. The Balaban J connectivity index is 1.89. The Morgan fingerprint density at radius 2 is 2.08 bits per heavy atom. The molecule has 130 valence electrons. The molecule has 1 aromatic heterocycles. The van der Waals surface area contributed by atoms with Gasteiger partial charge in [0.2, 0.25) is 5.91 Å². The highest BCUT2D eigenvalue weighted by Gasteiger charge is 2.23. The molecule has 0 aliphatic rings. The van der Waals surface area contributed by atoms with Crippen LogP contribution in [0.25, 0.3) is 0 Å². The van der Waals surface area contributed by atoms with E-state index in [1.165, 1.54) is 11.8 Å². The van der Waals surface area contributed by atoms with Crippen molar-refractivity contribution < 1.29 is 14.9 Å². The minimum Gasteiger partial charge on any atom is -0.410 e. The van der Waals surface area contributed by atoms with Crippen LogP contribution in [0.3, 0.4) is 0 Å². The molecule has 24 heavy (non-hydrogen) atoms. The third kappa shape index (κ3) is 4.82. The van der Waals surface area contributed by atoms with Gasteiger partial charge in [0.25, 0.3) is 11.1 Å². The first-order chi connectivity index (χ1) is 11.5. The molecular formula is C17H25N4O2S+. The summed E-state index contributed by atoms with van der Waals surface area (Å²) in [6, 6.07) is 7.77. The number of nitrogens with one attached hydrogen (secondary N) is 1. The molecule has 2 rings (SSSR count). The van der Waals surface area contributed by atoms with Gasteiger partial charge in [-0.2, -0.15) is 0 Å². The second-order valence-electron chi connectivity index (χ2n) is 5.75. The van der Waals surface area contributed by atoms with Crippen molar-refractivity contribution in [3.05, 3.63) is 35.7 Å². The van der Waals surface area contributed by atoms with Crippen LogP contribution in [0.15, 0.2) is 33.9 Å². The molecule has 0 fully saturated rings. The van der Waals surface area contributed by atoms with Crippen LogP contribution in [0.2, 0.25) is 0 Å². The van der Waals surface area contributed by atoms with E-state index in [0.717, 1.165) is 24.1 Å². The van der Waals surface area contributed by atoms with Crippen molar-refractivity contribution in [2.45, 2.75) is 44.9 Å². The van der Waals surface area contributed by atoms with Gasteiger partial charge in [-0.3, -0.25) is 4.79 Å². The molecule has 0 bridgehead atoms. The van der Waals surface area contributed by atoms with Gasteiger partial charge in [-0.05, 0) is 24.5 Å². The first-order valence-electron chi connectivity index (χ1n) is 8.22. The van der Waals surface area contributed by atoms with Gasteiger partial charge in [0.15, 0.2) is 6.04 Å². The summed E-state index contributed by atoms with van der Waals surface area (Å²) in [7, 11) is 0. The summed E-state index contributed by atoms with van der Waals surface area (Å²) >= 11 is 1.24. The third-order valence-electron chi connectivity index (χ3n) is 4.07. The minimum atomic E-state index is -0.0891. The maximum absolute atomic E-state index is 12.1. The van der Waals surface area contributed by atoms with Crippen molar-refractivity contribution >= 4 is 23.4 Å². The van der Waals surface area contributed by atoms with Gasteiger partial charge >= 0.3 is 0 Å². The van der Waals surface area contributed by atoms with Crippen LogP contribution in [0, 0.1) is 5.92 Å². The summed E-state index contributed by atoms with van der Waals surface area (Å²) in [5.41, 5.74) is 6.05. The second-order valence-corrected chi connectivity index (χ2v) is 6.67. The first-order valence-corrected chi connectivity index (χ1v) is 9.20. The lowest BCUT2D eigenvalue weighted by Crippen LogP contribution is -2.56. The molecular weight excluding hydrogens is 324 g/mol. The topological polar surface area (TPSA) is 95.7 Å². The number of carbonyl (C=O) groups is 1. The fourth-order valence-electron chi connectivity index (χ4n) is 2.22. The molecule has 4 N–H and O–H groups in total. The average Bonchev–Trinajstić information content (AvgIpc) is 3.08. The molecule has 0 aliphatic heterocycles. The highest BCUT2D eigenvalue weighted by atomic mass is 32.2. The Morgan fingerprint density at radius 1 is 1.33 bits per heavy atom. The Hall–Kier alpha value is -1.86. The number of quaternary nitrogens is 1. The van der Waals surface area contributed by atoms with Gasteiger partial charge in [0.1, 0.15) is 0 Å². The van der Waals surface area contributed by atoms with Crippen molar-refractivity contribution in [2.75, 3.05) is 11.1 Å². The summed E-state index contributed by atoms with van der Waals surface area (Å²) in [5.74, 6) is 1.04. The summed E-state index contributed by atoms with van der Waals surface area (Å²) in [6.07, 6.45) is 1.87. The molecule has 2 aromatic rings. The van der Waals surface area contributed by atoms with E-state index in [0.29, 0.717) is 17.0 Å². The van der Waals surface area contributed by atoms with Crippen LogP contribution in [0.4, 0.5) is 5.69 Å². The highest BCUT2D eigenvalue weighted by molar-refractivity contribution is 7.99.